The van der Waals surface area contributed by atoms with Crippen LogP contribution in [0.4, 0.5) is 0 Å². The molecule has 17 heavy (non-hydrogen) atoms. The van der Waals surface area contributed by atoms with E-state index in [1.807, 2.05) is 31.3 Å². The Morgan fingerprint density at radius 3 is 2.71 bits per heavy atom. The standard InChI is InChI=1S/C13H16ClNO2/c1-15(12-6-7-17-9-12)13(16)11-4-2-10(8-14)3-5-11/h2-5,12H,6-9H2,1H3. The van der Waals surface area contributed by atoms with E-state index in [4.69, 9.17) is 16.3 Å². The smallest absolute Gasteiger partial charge is 0.253 e. The summed E-state index contributed by atoms with van der Waals surface area (Å²) in [5.41, 5.74) is 1.73. The van der Waals surface area contributed by atoms with Crippen molar-refractivity contribution in [3.8, 4) is 0 Å². The third kappa shape index (κ3) is 2.79. The Kier molecular flexibility index (Phi) is 4.02. The lowest BCUT2D eigenvalue weighted by Gasteiger charge is -2.23. The van der Waals surface area contributed by atoms with Gasteiger partial charge in [0.1, 0.15) is 0 Å². The molecule has 0 aliphatic carbocycles. The molecule has 1 aromatic carbocycles. The van der Waals surface area contributed by atoms with E-state index in [2.05, 4.69) is 0 Å². The number of carbonyl (C=O) groups excluding carboxylic acids is 1. The molecular formula is C13H16ClNO2. The maximum atomic E-state index is 12.2. The van der Waals surface area contributed by atoms with Crippen LogP contribution in [0.3, 0.4) is 0 Å². The Morgan fingerprint density at radius 2 is 2.18 bits per heavy atom. The number of likely N-dealkylation sites (N-methyl/N-ethyl adjacent to an activating group) is 1. The van der Waals surface area contributed by atoms with E-state index in [-0.39, 0.29) is 11.9 Å². The maximum Gasteiger partial charge on any atom is 0.253 e. The zero-order valence-corrected chi connectivity index (χ0v) is 10.6. The van der Waals surface area contributed by atoms with E-state index >= 15 is 0 Å². The van der Waals surface area contributed by atoms with Crippen LogP contribution < -0.4 is 0 Å². The van der Waals surface area contributed by atoms with Crippen LogP contribution in [0.1, 0.15) is 22.3 Å². The van der Waals surface area contributed by atoms with Crippen molar-refractivity contribution in [1.29, 1.82) is 0 Å². The number of halogens is 1. The maximum absolute atomic E-state index is 12.2. The minimum atomic E-state index is 0.0432. The van der Waals surface area contributed by atoms with Gasteiger partial charge in [-0.1, -0.05) is 12.1 Å². The number of ether oxygens (including phenoxy) is 1. The van der Waals surface area contributed by atoms with Crippen molar-refractivity contribution in [2.45, 2.75) is 18.3 Å². The van der Waals surface area contributed by atoms with Crippen molar-refractivity contribution in [3.63, 3.8) is 0 Å². The zero-order chi connectivity index (χ0) is 12.3. The lowest BCUT2D eigenvalue weighted by molar-refractivity contribution is 0.0711. The van der Waals surface area contributed by atoms with Crippen molar-refractivity contribution in [1.82, 2.24) is 4.90 Å². The number of hydrogen-bond acceptors (Lipinski definition) is 2. The minimum Gasteiger partial charge on any atom is -0.379 e. The van der Waals surface area contributed by atoms with E-state index in [1.54, 1.807) is 4.90 Å². The average Bonchev–Trinajstić information content (AvgIpc) is 2.91. The summed E-state index contributed by atoms with van der Waals surface area (Å²) in [5.74, 6) is 0.516. The minimum absolute atomic E-state index is 0.0432. The molecular weight excluding hydrogens is 238 g/mol. The molecule has 0 spiro atoms. The SMILES string of the molecule is CN(C(=O)c1ccc(CCl)cc1)C1CCOC1. The molecule has 1 saturated heterocycles. The summed E-state index contributed by atoms with van der Waals surface area (Å²) in [6.45, 7) is 1.38. The fourth-order valence-electron chi connectivity index (χ4n) is 1.93. The third-order valence-corrected chi connectivity index (χ3v) is 3.44. The number of rotatable bonds is 3. The van der Waals surface area contributed by atoms with Crippen molar-refractivity contribution >= 4 is 17.5 Å². The molecule has 1 amide bonds. The summed E-state index contributed by atoms with van der Waals surface area (Å²) in [4.78, 5) is 13.9. The molecule has 0 N–H and O–H groups in total. The second-order valence-electron chi connectivity index (χ2n) is 4.26. The van der Waals surface area contributed by atoms with E-state index < -0.39 is 0 Å². The van der Waals surface area contributed by atoms with Crippen LogP contribution in [0, 0.1) is 0 Å². The zero-order valence-electron chi connectivity index (χ0n) is 9.86. The molecule has 0 saturated carbocycles. The summed E-state index contributed by atoms with van der Waals surface area (Å²) in [6.07, 6.45) is 0.919. The van der Waals surface area contributed by atoms with Crippen molar-refractivity contribution < 1.29 is 9.53 Å². The fraction of sp³-hybridized carbons (Fsp3) is 0.462. The average molecular weight is 254 g/mol. The molecule has 1 fully saturated rings. The predicted molar refractivity (Wildman–Crippen MR) is 67.3 cm³/mol. The van der Waals surface area contributed by atoms with Gasteiger partial charge in [-0.25, -0.2) is 0 Å². The number of hydrogen-bond donors (Lipinski definition) is 0. The Hall–Kier alpha value is -1.06. The molecule has 1 aliphatic heterocycles. The molecule has 1 heterocycles. The summed E-state index contributed by atoms with van der Waals surface area (Å²) in [6, 6.07) is 7.63. The number of amides is 1. The van der Waals surface area contributed by atoms with E-state index in [0.717, 1.165) is 18.6 Å². The molecule has 1 aliphatic rings. The Balaban J connectivity index is 2.07. The van der Waals surface area contributed by atoms with Gasteiger partial charge >= 0.3 is 0 Å². The highest BCUT2D eigenvalue weighted by molar-refractivity contribution is 6.17. The van der Waals surface area contributed by atoms with Gasteiger partial charge in [0, 0.05) is 25.1 Å². The number of alkyl halides is 1. The second-order valence-corrected chi connectivity index (χ2v) is 4.53. The van der Waals surface area contributed by atoms with Crippen LogP contribution in [0.2, 0.25) is 0 Å². The highest BCUT2D eigenvalue weighted by atomic mass is 35.5. The van der Waals surface area contributed by atoms with E-state index in [1.165, 1.54) is 0 Å². The molecule has 0 bridgehead atoms. The van der Waals surface area contributed by atoms with Gasteiger partial charge in [0.25, 0.3) is 5.91 Å². The van der Waals surface area contributed by atoms with Crippen LogP contribution in [0.5, 0.6) is 0 Å². The first-order chi connectivity index (χ1) is 8.22. The van der Waals surface area contributed by atoms with Gasteiger partial charge in [-0.2, -0.15) is 0 Å². The monoisotopic (exact) mass is 253 g/mol. The highest BCUT2D eigenvalue weighted by Gasteiger charge is 2.24. The Bertz CT molecular complexity index is 385. The first-order valence-electron chi connectivity index (χ1n) is 5.72. The molecule has 2 rings (SSSR count). The fourth-order valence-corrected chi connectivity index (χ4v) is 2.11. The van der Waals surface area contributed by atoms with Gasteiger partial charge in [-0.3, -0.25) is 4.79 Å². The van der Waals surface area contributed by atoms with Gasteiger partial charge < -0.3 is 9.64 Å². The molecule has 1 aromatic rings. The number of benzene rings is 1. The molecule has 92 valence electrons. The topological polar surface area (TPSA) is 29.5 Å². The number of carbonyl (C=O) groups is 1. The van der Waals surface area contributed by atoms with Gasteiger partial charge in [-0.15, -0.1) is 11.6 Å². The van der Waals surface area contributed by atoms with E-state index in [0.29, 0.717) is 18.1 Å². The van der Waals surface area contributed by atoms with Crippen molar-refractivity contribution in [2.75, 3.05) is 20.3 Å². The predicted octanol–water partition coefficient (Wildman–Crippen LogP) is 2.29. The molecule has 0 radical (unpaired) electrons. The van der Waals surface area contributed by atoms with Crippen LogP contribution in [-0.4, -0.2) is 37.1 Å². The largest absolute Gasteiger partial charge is 0.379 e. The molecule has 1 atom stereocenters. The molecule has 0 aromatic heterocycles. The van der Waals surface area contributed by atoms with Crippen molar-refractivity contribution in [3.05, 3.63) is 35.4 Å². The van der Waals surface area contributed by atoms with E-state index in [9.17, 15) is 4.79 Å². The second kappa shape index (κ2) is 5.52. The summed E-state index contributed by atoms with van der Waals surface area (Å²) < 4.78 is 5.29. The first-order valence-corrected chi connectivity index (χ1v) is 6.25. The van der Waals surface area contributed by atoms with Gasteiger partial charge in [0.15, 0.2) is 0 Å². The number of nitrogens with zero attached hydrogens (tertiary/aromatic N) is 1. The van der Waals surface area contributed by atoms with Crippen LogP contribution in [0.15, 0.2) is 24.3 Å². The lowest BCUT2D eigenvalue weighted by atomic mass is 10.1. The quantitative estimate of drug-likeness (QED) is 0.774. The Labute approximate surface area is 106 Å². The molecule has 3 nitrogen and oxygen atoms in total. The van der Waals surface area contributed by atoms with Crippen LogP contribution in [0.25, 0.3) is 0 Å². The first kappa shape index (κ1) is 12.4. The van der Waals surface area contributed by atoms with Gasteiger partial charge in [0.05, 0.1) is 12.6 Å². The summed E-state index contributed by atoms with van der Waals surface area (Å²) in [5, 5.41) is 0. The van der Waals surface area contributed by atoms with Crippen molar-refractivity contribution in [2.24, 2.45) is 0 Å². The summed E-state index contributed by atoms with van der Waals surface area (Å²) >= 11 is 5.71. The molecule has 1 unspecified atom stereocenters. The van der Waals surface area contributed by atoms with Gasteiger partial charge in [0.2, 0.25) is 0 Å². The van der Waals surface area contributed by atoms with Gasteiger partial charge in [-0.05, 0) is 24.1 Å². The Morgan fingerprint density at radius 1 is 1.47 bits per heavy atom. The lowest BCUT2D eigenvalue weighted by Crippen LogP contribution is -2.37. The highest BCUT2D eigenvalue weighted by Crippen LogP contribution is 2.15. The summed E-state index contributed by atoms with van der Waals surface area (Å²) in [7, 11) is 1.83. The third-order valence-electron chi connectivity index (χ3n) is 3.13. The van der Waals surface area contributed by atoms with Crippen LogP contribution >= 0.6 is 11.6 Å². The van der Waals surface area contributed by atoms with Crippen LogP contribution in [-0.2, 0) is 10.6 Å². The normalized spacial score (nSPS) is 19.3. The molecule has 4 heteroatoms.